The summed E-state index contributed by atoms with van der Waals surface area (Å²) in [7, 11) is -2.95. The topological polar surface area (TPSA) is 39.2 Å². The predicted molar refractivity (Wildman–Crippen MR) is 556 cm³/mol. The van der Waals surface area contributed by atoms with Crippen LogP contribution in [0.1, 0.15) is 25.0 Å². The smallest absolute Gasteiger partial charge is 0.148 e. The average molecular weight is 1710 g/mol. The van der Waals surface area contributed by atoms with Crippen LogP contribution in [0.15, 0.2) is 440 Å². The maximum absolute atomic E-state index is 17.3. The first-order valence-electron chi connectivity index (χ1n) is 44.9. The van der Waals surface area contributed by atoms with Gasteiger partial charge in [-0.1, -0.05) is 330 Å². The Morgan fingerprint density at radius 2 is 0.577 bits per heavy atom. The number of rotatable bonds is 17. The van der Waals surface area contributed by atoms with Crippen LogP contribution in [0.3, 0.4) is 0 Å². The minimum Gasteiger partial charge on any atom is -0.455 e. The second-order valence-electron chi connectivity index (χ2n) is 36.8. The summed E-state index contributed by atoms with van der Waals surface area (Å²) in [5.74, 6) is -0.311. The lowest BCUT2D eigenvalue weighted by atomic mass is 9.82. The highest BCUT2D eigenvalue weighted by Gasteiger charge is 2.37. The van der Waals surface area contributed by atoms with Crippen LogP contribution in [-0.4, -0.2) is 16.1 Å². The van der Waals surface area contributed by atoms with Crippen LogP contribution in [0.2, 0.25) is 39.3 Å². The zero-order valence-corrected chi connectivity index (χ0v) is 76.0. The highest BCUT2D eigenvalue weighted by atomic mass is 28.3. The van der Waals surface area contributed by atoms with Crippen LogP contribution in [0, 0.1) is 5.82 Å². The number of para-hydroxylation sites is 4. The van der Waals surface area contributed by atoms with E-state index in [0.717, 1.165) is 161 Å². The molecule has 0 N–H and O–H groups in total. The molecule has 0 unspecified atom stereocenters. The van der Waals surface area contributed by atoms with Gasteiger partial charge in [-0.2, -0.15) is 0 Å². The molecule has 22 aromatic rings. The third kappa shape index (κ3) is 14.3. The van der Waals surface area contributed by atoms with Gasteiger partial charge in [0.15, 0.2) is 0 Å². The van der Waals surface area contributed by atoms with E-state index in [1.807, 2.05) is 78.9 Å². The quantitative estimate of drug-likeness (QED) is 0.0668. The average Bonchev–Trinajstić information content (AvgIpc) is 1.62. The number of fused-ring (bicyclic) bond motifs is 19. The van der Waals surface area contributed by atoms with E-state index in [0.29, 0.717) is 5.69 Å². The van der Waals surface area contributed by atoms with Crippen molar-refractivity contribution in [2.45, 2.75) is 58.5 Å². The third-order valence-corrected chi connectivity index (χ3v) is 30.5. The molecule has 0 aliphatic heterocycles. The lowest BCUT2D eigenvalue weighted by molar-refractivity contribution is 0.629. The van der Waals surface area contributed by atoms with Crippen LogP contribution in [-0.2, 0) is 5.41 Å². The molecule has 626 valence electrons. The Bertz CT molecular complexity index is 8090. The van der Waals surface area contributed by atoms with Crippen LogP contribution in [0.4, 0.5) is 72.6 Å². The lowest BCUT2D eigenvalue weighted by Crippen LogP contribution is -2.37. The zero-order chi connectivity index (χ0) is 88.1. The summed E-state index contributed by atoms with van der Waals surface area (Å²) >= 11 is 0. The first-order valence-corrected chi connectivity index (χ1v) is 51.9. The predicted octanol–water partition coefficient (Wildman–Crippen LogP) is 34.2. The van der Waals surface area contributed by atoms with Crippen LogP contribution < -0.4 is 30.0 Å². The van der Waals surface area contributed by atoms with Crippen LogP contribution >= 0.6 is 0 Å². The van der Waals surface area contributed by atoms with Gasteiger partial charge >= 0.3 is 0 Å². The van der Waals surface area contributed by atoms with Crippen LogP contribution in [0.25, 0.3) is 131 Å². The van der Waals surface area contributed by atoms with E-state index in [9.17, 15) is 0 Å². The van der Waals surface area contributed by atoms with Crippen molar-refractivity contribution in [2.75, 3.05) is 19.6 Å². The number of benzene rings is 20. The lowest BCUT2D eigenvalue weighted by Gasteiger charge is -2.30. The maximum atomic E-state index is 17.3. The van der Waals surface area contributed by atoms with Crippen molar-refractivity contribution < 1.29 is 13.2 Å². The van der Waals surface area contributed by atoms with Gasteiger partial charge in [-0.25, -0.2) is 4.39 Å². The first kappa shape index (κ1) is 80.4. The summed E-state index contributed by atoms with van der Waals surface area (Å²) in [6.45, 7) is 19.1. The molecule has 0 saturated carbocycles. The normalized spacial score (nSPS) is 12.4. The van der Waals surface area contributed by atoms with Crippen LogP contribution in [0.5, 0.6) is 0 Å². The summed E-state index contributed by atoms with van der Waals surface area (Å²) in [5, 5.41) is 16.1. The molecule has 0 amide bonds. The Kier molecular flexibility index (Phi) is 20.1. The monoisotopic (exact) mass is 1710 g/mol. The van der Waals surface area contributed by atoms with Crippen molar-refractivity contribution in [3.63, 3.8) is 0 Å². The van der Waals surface area contributed by atoms with Gasteiger partial charge in [-0.3, -0.25) is 0 Å². The molecule has 0 spiro atoms. The number of anilines is 12. The Morgan fingerprint density at radius 3 is 1.05 bits per heavy atom. The minimum absolute atomic E-state index is 0.144. The first-order chi connectivity index (χ1) is 63.4. The fourth-order valence-corrected chi connectivity index (χ4v) is 22.3. The van der Waals surface area contributed by atoms with E-state index in [1.165, 1.54) is 54.5 Å². The Morgan fingerprint density at radius 1 is 0.231 bits per heavy atom. The summed E-state index contributed by atoms with van der Waals surface area (Å²) in [4.78, 5) is 9.16. The molecule has 20 aromatic carbocycles. The van der Waals surface area contributed by atoms with E-state index in [4.69, 9.17) is 8.83 Å². The molecule has 2 aromatic heterocycles. The zero-order valence-electron chi connectivity index (χ0n) is 74.0. The fourth-order valence-electron chi connectivity index (χ4n) is 19.9. The molecule has 1 aliphatic carbocycles. The molecule has 9 heteroatoms. The van der Waals surface area contributed by atoms with E-state index >= 15 is 4.39 Å². The third-order valence-electron chi connectivity index (χ3n) is 26.4. The van der Waals surface area contributed by atoms with Gasteiger partial charge in [0.25, 0.3) is 0 Å². The van der Waals surface area contributed by atoms with Crippen molar-refractivity contribution in [1.82, 2.24) is 0 Å². The molecule has 1 aliphatic rings. The molecule has 0 atom stereocenters. The molecular formula is C121H95FN4O2Si2. The van der Waals surface area contributed by atoms with E-state index < -0.39 is 16.1 Å². The van der Waals surface area contributed by atoms with E-state index in [1.54, 1.807) is 6.07 Å². The van der Waals surface area contributed by atoms with E-state index in [-0.39, 0.29) is 11.2 Å². The van der Waals surface area contributed by atoms with Gasteiger partial charge in [0.05, 0.1) is 27.5 Å². The highest BCUT2D eigenvalue weighted by Crippen LogP contribution is 2.55. The summed E-state index contributed by atoms with van der Waals surface area (Å²) in [5.41, 5.74) is 26.4. The van der Waals surface area contributed by atoms with Gasteiger partial charge in [-0.05, 0) is 228 Å². The molecule has 23 rings (SSSR count). The SMILES string of the molecule is CC1(C)c2ccccc2-c2ccc(N(c3ccc4c(c3)c3ccccc3c3c5ccc(N(c6ccccc6)c6ccc([Si](C)(C)C)cc6)cc5oc43)c3ccccc3-c3ccccc3)cc21.C[Si](C)(C)c1ccc(N(c2ccccc2)c2ccc3c(c2)oc2c4ccc(N(c5ccccc5)c5c(F)cc(-c6ccccc6)cc5-c5ccccc5)cc4c4ccccc4c32)cc1. The molecule has 0 radical (unpaired) electrons. The van der Waals surface area contributed by atoms with Gasteiger partial charge in [0, 0.05) is 118 Å². The number of halogens is 1. The van der Waals surface area contributed by atoms with Gasteiger partial charge in [0.1, 0.15) is 28.1 Å². The Labute approximate surface area is 759 Å². The number of nitrogens with zero attached hydrogens (tertiary/aromatic N) is 4. The second-order valence-corrected chi connectivity index (χ2v) is 47.0. The summed E-state index contributed by atoms with van der Waals surface area (Å²) in [6.07, 6.45) is 0. The summed E-state index contributed by atoms with van der Waals surface area (Å²) < 4.78 is 31.5. The minimum atomic E-state index is -1.48. The molecule has 0 fully saturated rings. The number of hydrogen-bond acceptors (Lipinski definition) is 6. The molecule has 2 heterocycles. The molecule has 0 saturated heterocycles. The maximum Gasteiger partial charge on any atom is 0.148 e. The number of hydrogen-bond donors (Lipinski definition) is 0. The van der Waals surface area contributed by atoms with Crippen molar-refractivity contribution in [1.29, 1.82) is 0 Å². The largest absolute Gasteiger partial charge is 0.455 e. The van der Waals surface area contributed by atoms with Gasteiger partial charge < -0.3 is 28.4 Å². The van der Waals surface area contributed by atoms with Crippen molar-refractivity contribution in [2.24, 2.45) is 0 Å². The highest BCUT2D eigenvalue weighted by molar-refractivity contribution is 6.89. The summed E-state index contributed by atoms with van der Waals surface area (Å²) in [6, 6.07) is 153. The van der Waals surface area contributed by atoms with E-state index in [2.05, 4.69) is 419 Å². The fraction of sp³-hybridized carbons (Fsp3) is 0.0744. The molecule has 6 nitrogen and oxygen atoms in total. The van der Waals surface area contributed by atoms with Crippen molar-refractivity contribution in [3.8, 4) is 44.5 Å². The molecule has 130 heavy (non-hydrogen) atoms. The number of furan rings is 2. The molecular weight excluding hydrogens is 1620 g/mol. The van der Waals surface area contributed by atoms with Gasteiger partial charge in [0.2, 0.25) is 0 Å². The van der Waals surface area contributed by atoms with Crippen molar-refractivity contribution >= 4 is 182 Å². The van der Waals surface area contributed by atoms with Gasteiger partial charge in [-0.15, -0.1) is 0 Å². The van der Waals surface area contributed by atoms with Crippen molar-refractivity contribution in [3.05, 3.63) is 448 Å². The second kappa shape index (κ2) is 32.5. The molecule has 0 bridgehead atoms. The Balaban J connectivity index is 0.000000153. The standard InChI is InChI=1S/C62H50N2OSi.C59H45FN2OSi/c1-62(2)56-26-16-14-24-50(56)51-35-30-45(39-57(51)62)64(58-27-17-15-22-48(58)41-18-8-6-9-19-41)44-31-36-53-55(38-44)49-23-12-13-25-52(49)60-54-37-32-46(40-59(54)65-61(53)60)63(42-20-10-7-11-21-42)43-28-33-47(34-29-43)66(3,4)5;1-64(2,3)48-32-28-45(29-33-48)61(43-22-12-6-13-23-43)47-31-35-52-56(39-47)63-59-51-34-30-46(38-54(51)49-26-16-17-27-50(49)57(52)59)62(44-24-14-7-15-25-44)58-53(41-20-10-5-11-21-41)36-42(37-55(58)60)40-18-8-4-9-19-40/h6-40H,1-5H3;4-39H,1-3H3. The Hall–Kier alpha value is -15.4.